The number of hydrogen-bond donors (Lipinski definition) is 2. The maximum Gasteiger partial charge on any atom is 0.216 e. The van der Waals surface area contributed by atoms with Crippen molar-refractivity contribution in [1.82, 2.24) is 15.2 Å². The summed E-state index contributed by atoms with van der Waals surface area (Å²) in [7, 11) is -3.51. The van der Waals surface area contributed by atoms with E-state index in [-0.39, 0.29) is 11.6 Å². The third-order valence-corrected chi connectivity index (χ3v) is 1.63. The number of sulfonamides is 1. The van der Waals surface area contributed by atoms with Crippen molar-refractivity contribution < 1.29 is 8.42 Å². The van der Waals surface area contributed by atoms with E-state index in [1.165, 1.54) is 0 Å². The highest BCUT2D eigenvalue weighted by Crippen LogP contribution is 1.94. The minimum atomic E-state index is -3.51. The average molecular weight is 176 g/mol. The van der Waals surface area contributed by atoms with Crippen LogP contribution in [0.25, 0.3) is 0 Å². The van der Waals surface area contributed by atoms with Gasteiger partial charge in [0, 0.05) is 0 Å². The first kappa shape index (κ1) is 8.15. The zero-order chi connectivity index (χ0) is 8.48. The Morgan fingerprint density at radius 2 is 2.27 bits per heavy atom. The lowest BCUT2D eigenvalue weighted by Gasteiger charge is -1.88. The first-order valence-corrected chi connectivity index (χ1v) is 4.57. The average Bonchev–Trinajstić information content (AvgIpc) is 2.10. The lowest BCUT2D eigenvalue weighted by molar-refractivity contribution is 0.595. The number of H-pyrrole nitrogens is 1. The molecule has 1 aromatic rings. The summed E-state index contributed by atoms with van der Waals surface area (Å²) in [5, 5.41) is 10.9. The summed E-state index contributed by atoms with van der Waals surface area (Å²) in [6, 6.07) is 0. The van der Waals surface area contributed by atoms with Crippen LogP contribution in [0.1, 0.15) is 11.6 Å². The van der Waals surface area contributed by atoms with Crippen LogP contribution in [0.4, 0.5) is 0 Å². The van der Waals surface area contributed by atoms with Crippen molar-refractivity contribution in [3.8, 4) is 0 Å². The molecule has 0 saturated heterocycles. The molecule has 0 aliphatic heterocycles. The summed E-state index contributed by atoms with van der Waals surface area (Å²) in [6.07, 6.45) is 0. The highest BCUT2D eigenvalue weighted by molar-refractivity contribution is 7.88. The lowest BCUT2D eigenvalue weighted by atomic mass is 10.7. The molecule has 1 heterocycles. The molecule has 0 saturated carbocycles. The van der Waals surface area contributed by atoms with E-state index in [4.69, 9.17) is 5.14 Å². The molecule has 3 N–H and O–H groups in total. The number of hydrogen-bond acceptors (Lipinski definition) is 4. The quantitative estimate of drug-likeness (QED) is 0.597. The molecule has 1 rings (SSSR count). The normalized spacial score (nSPS) is 11.8. The van der Waals surface area contributed by atoms with Gasteiger partial charge in [0.05, 0.1) is 0 Å². The van der Waals surface area contributed by atoms with Crippen molar-refractivity contribution in [2.45, 2.75) is 12.7 Å². The van der Waals surface area contributed by atoms with Gasteiger partial charge in [0.2, 0.25) is 10.0 Å². The van der Waals surface area contributed by atoms with Gasteiger partial charge in [-0.05, 0) is 6.92 Å². The van der Waals surface area contributed by atoms with Gasteiger partial charge in [0.25, 0.3) is 0 Å². The fourth-order valence-electron chi connectivity index (χ4n) is 0.634. The van der Waals surface area contributed by atoms with Crippen LogP contribution < -0.4 is 5.14 Å². The number of aromatic amines is 1. The highest BCUT2D eigenvalue weighted by atomic mass is 32.2. The summed E-state index contributed by atoms with van der Waals surface area (Å²) in [5.74, 6) is 0.450. The summed E-state index contributed by atoms with van der Waals surface area (Å²) in [5.41, 5.74) is 0. The maximum atomic E-state index is 10.5. The molecule has 7 heteroatoms. The van der Waals surface area contributed by atoms with Gasteiger partial charge in [0.1, 0.15) is 11.6 Å². The van der Waals surface area contributed by atoms with Gasteiger partial charge in [-0.3, -0.25) is 5.10 Å². The first-order valence-electron chi connectivity index (χ1n) is 2.86. The molecule has 0 aliphatic carbocycles. The second-order valence-electron chi connectivity index (χ2n) is 2.14. The predicted octanol–water partition coefficient (Wildman–Crippen LogP) is -1.10. The van der Waals surface area contributed by atoms with E-state index in [0.29, 0.717) is 5.82 Å². The summed E-state index contributed by atoms with van der Waals surface area (Å²) in [6.45, 7) is 1.68. The fourth-order valence-corrected chi connectivity index (χ4v) is 1.12. The van der Waals surface area contributed by atoms with E-state index >= 15 is 0 Å². The van der Waals surface area contributed by atoms with Crippen LogP contribution in [-0.2, 0) is 15.8 Å². The van der Waals surface area contributed by atoms with Crippen molar-refractivity contribution in [1.29, 1.82) is 0 Å². The Morgan fingerprint density at radius 3 is 2.64 bits per heavy atom. The van der Waals surface area contributed by atoms with Crippen molar-refractivity contribution in [3.05, 3.63) is 11.6 Å². The Kier molecular flexibility index (Phi) is 1.92. The summed E-state index contributed by atoms with van der Waals surface area (Å²) < 4.78 is 21.0. The highest BCUT2D eigenvalue weighted by Gasteiger charge is 2.08. The molecule has 0 radical (unpaired) electrons. The number of aromatic nitrogens is 3. The molecule has 1 aromatic heterocycles. The predicted molar refractivity (Wildman–Crippen MR) is 37.9 cm³/mol. The van der Waals surface area contributed by atoms with Gasteiger partial charge < -0.3 is 0 Å². The Balaban J connectivity index is 2.81. The number of primary sulfonamides is 1. The van der Waals surface area contributed by atoms with Crippen molar-refractivity contribution in [3.63, 3.8) is 0 Å². The van der Waals surface area contributed by atoms with Crippen LogP contribution in [-0.4, -0.2) is 23.6 Å². The SMILES string of the molecule is Cc1nc(CS(N)(=O)=O)n[nH]1. The number of nitrogens with zero attached hydrogens (tertiary/aromatic N) is 2. The zero-order valence-electron chi connectivity index (χ0n) is 5.90. The molecule has 0 amide bonds. The van der Waals surface area contributed by atoms with Crippen LogP contribution >= 0.6 is 0 Å². The molecule has 0 aromatic carbocycles. The molecule has 0 aliphatic rings. The summed E-state index contributed by atoms with van der Waals surface area (Å²) >= 11 is 0. The van der Waals surface area contributed by atoms with Crippen molar-refractivity contribution >= 4 is 10.0 Å². The minimum absolute atomic E-state index is 0.199. The van der Waals surface area contributed by atoms with E-state index in [1.54, 1.807) is 6.92 Å². The van der Waals surface area contributed by atoms with Crippen molar-refractivity contribution in [2.75, 3.05) is 0 Å². The number of nitrogens with two attached hydrogens (primary N) is 1. The van der Waals surface area contributed by atoms with E-state index in [2.05, 4.69) is 15.2 Å². The van der Waals surface area contributed by atoms with Crippen LogP contribution in [0, 0.1) is 6.92 Å². The number of nitrogens with one attached hydrogen (secondary N) is 1. The van der Waals surface area contributed by atoms with E-state index in [1.807, 2.05) is 0 Å². The van der Waals surface area contributed by atoms with E-state index in [0.717, 1.165) is 0 Å². The molecule has 0 fully saturated rings. The van der Waals surface area contributed by atoms with Gasteiger partial charge in [-0.1, -0.05) is 0 Å². The molecular weight excluding hydrogens is 168 g/mol. The van der Waals surface area contributed by atoms with Crippen LogP contribution in [0.5, 0.6) is 0 Å². The largest absolute Gasteiger partial charge is 0.263 e. The Morgan fingerprint density at radius 1 is 1.64 bits per heavy atom. The second-order valence-corrected chi connectivity index (χ2v) is 3.76. The molecule has 0 spiro atoms. The molecule has 0 unspecified atom stereocenters. The van der Waals surface area contributed by atoms with E-state index in [9.17, 15) is 8.42 Å². The first-order chi connectivity index (χ1) is 4.97. The second kappa shape index (κ2) is 2.59. The Bertz CT molecular complexity index is 341. The minimum Gasteiger partial charge on any atom is -0.263 e. The summed E-state index contributed by atoms with van der Waals surface area (Å²) in [4.78, 5) is 3.77. The van der Waals surface area contributed by atoms with Crippen LogP contribution in [0.2, 0.25) is 0 Å². The van der Waals surface area contributed by atoms with Gasteiger partial charge in [-0.25, -0.2) is 18.5 Å². The van der Waals surface area contributed by atoms with Gasteiger partial charge >= 0.3 is 0 Å². The monoisotopic (exact) mass is 176 g/mol. The van der Waals surface area contributed by atoms with Crippen molar-refractivity contribution in [2.24, 2.45) is 5.14 Å². The Hall–Kier alpha value is -0.950. The molecule has 0 atom stereocenters. The van der Waals surface area contributed by atoms with Gasteiger partial charge in [0.15, 0.2) is 5.82 Å². The molecular formula is C4H8N4O2S. The molecule has 62 valence electrons. The molecule has 0 bridgehead atoms. The lowest BCUT2D eigenvalue weighted by Crippen LogP contribution is -2.15. The smallest absolute Gasteiger partial charge is 0.216 e. The maximum absolute atomic E-state index is 10.5. The zero-order valence-corrected chi connectivity index (χ0v) is 6.72. The van der Waals surface area contributed by atoms with Gasteiger partial charge in [-0.15, -0.1) is 0 Å². The standard InChI is InChI=1S/C4H8N4O2S/c1-3-6-4(8-7-3)2-11(5,9)10/h2H2,1H3,(H2,5,9,10)(H,6,7,8). The number of aryl methyl sites for hydroxylation is 1. The van der Waals surface area contributed by atoms with E-state index < -0.39 is 10.0 Å². The topological polar surface area (TPSA) is 102 Å². The fraction of sp³-hybridized carbons (Fsp3) is 0.500. The number of rotatable bonds is 2. The third-order valence-electron chi connectivity index (χ3n) is 0.974. The molecule has 6 nitrogen and oxygen atoms in total. The van der Waals surface area contributed by atoms with Crippen LogP contribution in [0.3, 0.4) is 0 Å². The van der Waals surface area contributed by atoms with Crippen LogP contribution in [0.15, 0.2) is 0 Å². The Labute approximate surface area is 63.9 Å². The van der Waals surface area contributed by atoms with Gasteiger partial charge in [-0.2, -0.15) is 5.10 Å². The third kappa shape index (κ3) is 2.64. The molecule has 11 heavy (non-hydrogen) atoms.